The Kier molecular flexibility index (Phi) is 9.35. The molecule has 3 heteroatoms. The molecule has 0 radical (unpaired) electrons. The van der Waals surface area contributed by atoms with Gasteiger partial charge in [-0.25, -0.2) is 0 Å². The van der Waals surface area contributed by atoms with E-state index >= 15 is 0 Å². The summed E-state index contributed by atoms with van der Waals surface area (Å²) in [6.07, 6.45) is 2.61. The fraction of sp³-hybridized carbons (Fsp3) is 1.00. The zero-order valence-corrected chi connectivity index (χ0v) is 9.66. The lowest BCUT2D eigenvalue weighted by atomic mass is 10.0. The summed E-state index contributed by atoms with van der Waals surface area (Å²) in [5, 5.41) is 8.48. The van der Waals surface area contributed by atoms with Gasteiger partial charge in [-0.2, -0.15) is 0 Å². The van der Waals surface area contributed by atoms with Crippen molar-refractivity contribution in [2.24, 2.45) is 5.92 Å². The van der Waals surface area contributed by atoms with E-state index in [1.165, 1.54) is 0 Å². The number of hydrogen-bond acceptors (Lipinski definition) is 3. The summed E-state index contributed by atoms with van der Waals surface area (Å²) in [5.74, 6) is 0.563. The molecule has 0 aliphatic heterocycles. The van der Waals surface area contributed by atoms with Crippen molar-refractivity contribution < 1.29 is 14.6 Å². The topological polar surface area (TPSA) is 38.7 Å². The molecule has 0 aliphatic rings. The summed E-state index contributed by atoms with van der Waals surface area (Å²) in [5.41, 5.74) is 0. The van der Waals surface area contributed by atoms with Crippen molar-refractivity contribution in [3.8, 4) is 0 Å². The lowest BCUT2D eigenvalue weighted by Crippen LogP contribution is -2.22. The van der Waals surface area contributed by atoms with Crippen LogP contribution in [0.25, 0.3) is 0 Å². The molecule has 0 amide bonds. The normalized spacial score (nSPS) is 13.5. The minimum absolute atomic E-state index is 0.0859. The van der Waals surface area contributed by atoms with Crippen LogP contribution in [0.1, 0.15) is 33.6 Å². The van der Waals surface area contributed by atoms with Gasteiger partial charge >= 0.3 is 0 Å². The van der Waals surface area contributed by atoms with Crippen LogP contribution in [-0.2, 0) is 9.47 Å². The van der Waals surface area contributed by atoms with Gasteiger partial charge in [-0.1, -0.05) is 27.2 Å². The van der Waals surface area contributed by atoms with Gasteiger partial charge in [-0.05, 0) is 12.3 Å². The lowest BCUT2D eigenvalue weighted by Gasteiger charge is -2.20. The molecule has 3 nitrogen and oxygen atoms in total. The second kappa shape index (κ2) is 9.44. The first-order valence-electron chi connectivity index (χ1n) is 5.52. The Labute approximate surface area is 87.4 Å². The average molecular weight is 204 g/mol. The predicted octanol–water partition coefficient (Wildman–Crippen LogP) is 1.84. The first-order valence-corrected chi connectivity index (χ1v) is 5.52. The van der Waals surface area contributed by atoms with Gasteiger partial charge in [0.1, 0.15) is 0 Å². The lowest BCUT2D eigenvalue weighted by molar-refractivity contribution is -0.0233. The van der Waals surface area contributed by atoms with E-state index < -0.39 is 0 Å². The maximum atomic E-state index is 8.48. The minimum Gasteiger partial charge on any atom is -0.394 e. The molecule has 0 heterocycles. The van der Waals surface area contributed by atoms with Gasteiger partial charge in [0.2, 0.25) is 0 Å². The second-order valence-electron chi connectivity index (χ2n) is 3.78. The number of aliphatic hydroxyl groups excluding tert-OH is 1. The number of rotatable bonds is 9. The first-order chi connectivity index (χ1) is 6.72. The van der Waals surface area contributed by atoms with E-state index in [4.69, 9.17) is 14.6 Å². The van der Waals surface area contributed by atoms with Crippen molar-refractivity contribution in [1.29, 1.82) is 0 Å². The Morgan fingerprint density at radius 1 is 1.14 bits per heavy atom. The molecular formula is C11H24O3. The third-order valence-electron chi connectivity index (χ3n) is 2.11. The monoisotopic (exact) mass is 204 g/mol. The first kappa shape index (κ1) is 13.9. The van der Waals surface area contributed by atoms with Crippen LogP contribution >= 0.6 is 0 Å². The minimum atomic E-state index is 0.0859. The van der Waals surface area contributed by atoms with Gasteiger partial charge in [0.15, 0.2) is 0 Å². The maximum Gasteiger partial charge on any atom is 0.0704 e. The molecule has 0 fully saturated rings. The molecule has 0 spiro atoms. The van der Waals surface area contributed by atoms with Crippen molar-refractivity contribution in [1.82, 2.24) is 0 Å². The fourth-order valence-corrected chi connectivity index (χ4v) is 1.32. The molecule has 0 saturated heterocycles. The highest BCUT2D eigenvalue weighted by Crippen LogP contribution is 2.12. The SMILES string of the molecule is CCCC(OCCOCCO)C(C)C. The summed E-state index contributed by atoms with van der Waals surface area (Å²) >= 11 is 0. The molecule has 0 bridgehead atoms. The van der Waals surface area contributed by atoms with E-state index in [0.29, 0.717) is 31.8 Å². The Morgan fingerprint density at radius 2 is 1.86 bits per heavy atom. The molecule has 0 rings (SSSR count). The smallest absolute Gasteiger partial charge is 0.0704 e. The van der Waals surface area contributed by atoms with Gasteiger partial charge < -0.3 is 14.6 Å². The molecular weight excluding hydrogens is 180 g/mol. The molecule has 0 aromatic heterocycles. The predicted molar refractivity (Wildman–Crippen MR) is 57.4 cm³/mol. The molecule has 0 aromatic carbocycles. The Hall–Kier alpha value is -0.120. The molecule has 1 N–H and O–H groups in total. The van der Waals surface area contributed by atoms with Crippen LogP contribution in [0.3, 0.4) is 0 Å². The highest BCUT2D eigenvalue weighted by atomic mass is 16.5. The van der Waals surface area contributed by atoms with Crippen molar-refractivity contribution in [3.05, 3.63) is 0 Å². The largest absolute Gasteiger partial charge is 0.394 e. The highest BCUT2D eigenvalue weighted by Gasteiger charge is 2.11. The van der Waals surface area contributed by atoms with E-state index in [1.54, 1.807) is 0 Å². The van der Waals surface area contributed by atoms with Crippen LogP contribution in [0.2, 0.25) is 0 Å². The van der Waals surface area contributed by atoms with Crippen LogP contribution in [0, 0.1) is 5.92 Å². The molecule has 86 valence electrons. The van der Waals surface area contributed by atoms with E-state index in [-0.39, 0.29) is 6.61 Å². The van der Waals surface area contributed by atoms with Gasteiger partial charge in [-0.3, -0.25) is 0 Å². The second-order valence-corrected chi connectivity index (χ2v) is 3.78. The summed E-state index contributed by atoms with van der Waals surface area (Å²) in [6, 6.07) is 0. The van der Waals surface area contributed by atoms with E-state index in [0.717, 1.165) is 12.8 Å². The maximum absolute atomic E-state index is 8.48. The summed E-state index contributed by atoms with van der Waals surface area (Å²) in [6.45, 7) is 8.22. The molecule has 14 heavy (non-hydrogen) atoms. The summed E-state index contributed by atoms with van der Waals surface area (Å²) in [4.78, 5) is 0. The molecule has 0 saturated carbocycles. The van der Waals surface area contributed by atoms with Gasteiger partial charge in [0.05, 0.1) is 32.5 Å². The quantitative estimate of drug-likeness (QED) is 0.582. The zero-order chi connectivity index (χ0) is 10.8. The van der Waals surface area contributed by atoms with Crippen molar-refractivity contribution in [2.75, 3.05) is 26.4 Å². The van der Waals surface area contributed by atoms with Gasteiger partial charge in [0.25, 0.3) is 0 Å². The highest BCUT2D eigenvalue weighted by molar-refractivity contribution is 4.61. The van der Waals surface area contributed by atoms with Gasteiger partial charge in [-0.15, -0.1) is 0 Å². The van der Waals surface area contributed by atoms with E-state index in [1.807, 2.05) is 0 Å². The number of ether oxygens (including phenoxy) is 2. The molecule has 1 atom stereocenters. The summed E-state index contributed by atoms with van der Waals surface area (Å²) in [7, 11) is 0. The van der Waals surface area contributed by atoms with Crippen LogP contribution in [0.5, 0.6) is 0 Å². The third kappa shape index (κ3) is 7.30. The Morgan fingerprint density at radius 3 is 2.36 bits per heavy atom. The van der Waals surface area contributed by atoms with Crippen LogP contribution < -0.4 is 0 Å². The number of aliphatic hydroxyl groups is 1. The Bertz CT molecular complexity index is 115. The van der Waals surface area contributed by atoms with E-state index in [2.05, 4.69) is 20.8 Å². The summed E-state index contributed by atoms with van der Waals surface area (Å²) < 4.78 is 10.8. The van der Waals surface area contributed by atoms with Crippen molar-refractivity contribution in [3.63, 3.8) is 0 Å². The van der Waals surface area contributed by atoms with Gasteiger partial charge in [0, 0.05) is 0 Å². The zero-order valence-electron chi connectivity index (χ0n) is 9.66. The third-order valence-corrected chi connectivity index (χ3v) is 2.11. The average Bonchev–Trinajstić information content (AvgIpc) is 2.15. The van der Waals surface area contributed by atoms with Crippen molar-refractivity contribution >= 4 is 0 Å². The molecule has 0 aliphatic carbocycles. The number of hydrogen-bond donors (Lipinski definition) is 1. The van der Waals surface area contributed by atoms with Crippen LogP contribution in [-0.4, -0.2) is 37.6 Å². The van der Waals surface area contributed by atoms with Crippen molar-refractivity contribution in [2.45, 2.75) is 39.7 Å². The van der Waals surface area contributed by atoms with Crippen LogP contribution in [0.15, 0.2) is 0 Å². The van der Waals surface area contributed by atoms with E-state index in [9.17, 15) is 0 Å². The molecule has 0 aromatic rings. The standard InChI is InChI=1S/C11H24O3/c1-4-5-11(10(2)3)14-9-8-13-7-6-12/h10-12H,4-9H2,1-3H3. The Balaban J connectivity index is 3.41. The fourth-order valence-electron chi connectivity index (χ4n) is 1.32. The van der Waals surface area contributed by atoms with Crippen LogP contribution in [0.4, 0.5) is 0 Å². The molecule has 1 unspecified atom stereocenters.